The molecule has 0 saturated carbocycles. The average molecular weight is 395 g/mol. The van der Waals surface area contributed by atoms with Crippen molar-refractivity contribution < 1.29 is 9.59 Å². The normalized spacial score (nSPS) is 18.3. The summed E-state index contributed by atoms with van der Waals surface area (Å²) in [6.45, 7) is 8.48. The first-order valence-corrected chi connectivity index (χ1v) is 10.8. The minimum Gasteiger partial charge on any atom is -0.370 e. The Balaban J connectivity index is 1.64. The molecule has 4 rings (SSSR count). The lowest BCUT2D eigenvalue weighted by atomic mass is 9.97. The molecule has 2 saturated heterocycles. The number of hydrogen-bond donors (Lipinski definition) is 0. The number of aromatic nitrogens is 1. The second-order valence-electron chi connectivity index (χ2n) is 8.23. The van der Waals surface area contributed by atoms with Crippen LogP contribution in [0, 0.1) is 5.92 Å². The van der Waals surface area contributed by atoms with Crippen LogP contribution in [0.5, 0.6) is 0 Å². The highest BCUT2D eigenvalue weighted by molar-refractivity contribution is 6.07. The van der Waals surface area contributed by atoms with E-state index < -0.39 is 0 Å². The van der Waals surface area contributed by atoms with E-state index in [-0.39, 0.29) is 11.8 Å². The number of amides is 2. The zero-order valence-corrected chi connectivity index (χ0v) is 17.4. The van der Waals surface area contributed by atoms with E-state index in [0.29, 0.717) is 38.2 Å². The standard InChI is InChI=1S/C23H30N4O2/c1-3-21(28)25-12-14-27(15-13-25)23(29)19-16-24-20-7-5-4-6-18(20)22(19)26-10-8-17(2)9-11-26/h4-7,16-17H,3,8-15H2,1-2H3. The van der Waals surface area contributed by atoms with E-state index in [1.165, 1.54) is 0 Å². The molecule has 0 N–H and O–H groups in total. The van der Waals surface area contributed by atoms with Gasteiger partial charge in [-0.25, -0.2) is 0 Å². The zero-order chi connectivity index (χ0) is 20.4. The van der Waals surface area contributed by atoms with Gasteiger partial charge in [0.1, 0.15) is 0 Å². The highest BCUT2D eigenvalue weighted by atomic mass is 16.2. The molecule has 2 fully saturated rings. The molecule has 3 heterocycles. The van der Waals surface area contributed by atoms with Crippen LogP contribution < -0.4 is 4.90 Å². The SMILES string of the molecule is CCC(=O)N1CCN(C(=O)c2cnc3ccccc3c2N2CCC(C)CC2)CC1. The molecule has 6 heteroatoms. The molecule has 2 aliphatic heterocycles. The summed E-state index contributed by atoms with van der Waals surface area (Å²) in [5.74, 6) is 0.913. The van der Waals surface area contributed by atoms with E-state index in [2.05, 4.69) is 22.9 Å². The summed E-state index contributed by atoms with van der Waals surface area (Å²) in [5, 5.41) is 1.05. The van der Waals surface area contributed by atoms with Crippen molar-refractivity contribution in [2.75, 3.05) is 44.2 Å². The Labute approximate surface area is 172 Å². The second-order valence-corrected chi connectivity index (χ2v) is 8.23. The smallest absolute Gasteiger partial charge is 0.257 e. The minimum absolute atomic E-state index is 0.0282. The number of rotatable bonds is 3. The highest BCUT2D eigenvalue weighted by Gasteiger charge is 2.29. The number of para-hydroxylation sites is 1. The van der Waals surface area contributed by atoms with Gasteiger partial charge in [-0.2, -0.15) is 0 Å². The summed E-state index contributed by atoms with van der Waals surface area (Å²) >= 11 is 0. The van der Waals surface area contributed by atoms with Gasteiger partial charge in [0, 0.05) is 57.3 Å². The molecular formula is C23H30N4O2. The molecule has 0 unspecified atom stereocenters. The molecule has 2 amide bonds. The fourth-order valence-electron chi connectivity index (χ4n) is 4.41. The molecule has 6 nitrogen and oxygen atoms in total. The minimum atomic E-state index is 0.0282. The van der Waals surface area contributed by atoms with Crippen LogP contribution >= 0.6 is 0 Å². The van der Waals surface area contributed by atoms with Crippen molar-refractivity contribution >= 4 is 28.4 Å². The van der Waals surface area contributed by atoms with E-state index in [4.69, 9.17) is 0 Å². The van der Waals surface area contributed by atoms with Gasteiger partial charge in [-0.15, -0.1) is 0 Å². The Morgan fingerprint density at radius 2 is 1.66 bits per heavy atom. The number of pyridine rings is 1. The molecule has 0 bridgehead atoms. The number of carbonyl (C=O) groups is 2. The topological polar surface area (TPSA) is 56.8 Å². The molecule has 1 aromatic carbocycles. The molecular weight excluding hydrogens is 364 g/mol. The van der Waals surface area contributed by atoms with Crippen molar-refractivity contribution in [1.82, 2.24) is 14.8 Å². The summed E-state index contributed by atoms with van der Waals surface area (Å²) in [7, 11) is 0. The zero-order valence-electron chi connectivity index (χ0n) is 17.4. The number of nitrogens with zero attached hydrogens (tertiary/aromatic N) is 4. The molecule has 29 heavy (non-hydrogen) atoms. The Morgan fingerprint density at radius 3 is 2.34 bits per heavy atom. The van der Waals surface area contributed by atoms with Gasteiger partial charge in [-0.3, -0.25) is 14.6 Å². The Hall–Kier alpha value is -2.63. The van der Waals surface area contributed by atoms with E-state index in [1.54, 1.807) is 6.20 Å². The molecule has 1 aromatic heterocycles. The predicted molar refractivity (Wildman–Crippen MR) is 115 cm³/mol. The lowest BCUT2D eigenvalue weighted by molar-refractivity contribution is -0.132. The van der Waals surface area contributed by atoms with Gasteiger partial charge in [-0.05, 0) is 24.8 Å². The maximum Gasteiger partial charge on any atom is 0.257 e. The second kappa shape index (κ2) is 8.39. The van der Waals surface area contributed by atoms with E-state index in [0.717, 1.165) is 48.4 Å². The monoisotopic (exact) mass is 394 g/mol. The van der Waals surface area contributed by atoms with Crippen LogP contribution in [0.15, 0.2) is 30.5 Å². The number of carbonyl (C=O) groups excluding carboxylic acids is 2. The molecule has 0 atom stereocenters. The number of piperazine rings is 1. The number of benzene rings is 1. The van der Waals surface area contributed by atoms with Crippen molar-refractivity contribution in [1.29, 1.82) is 0 Å². The fourth-order valence-corrected chi connectivity index (χ4v) is 4.41. The van der Waals surface area contributed by atoms with Gasteiger partial charge in [0.2, 0.25) is 5.91 Å². The predicted octanol–water partition coefficient (Wildman–Crippen LogP) is 3.17. The van der Waals surface area contributed by atoms with Crippen LogP contribution in [0.1, 0.15) is 43.5 Å². The number of fused-ring (bicyclic) bond motifs is 1. The van der Waals surface area contributed by atoms with Crippen LogP contribution in [0.4, 0.5) is 5.69 Å². The number of piperidine rings is 1. The third-order valence-corrected chi connectivity index (χ3v) is 6.30. The Kier molecular flexibility index (Phi) is 5.69. The molecule has 154 valence electrons. The van der Waals surface area contributed by atoms with Gasteiger partial charge >= 0.3 is 0 Å². The van der Waals surface area contributed by atoms with Crippen LogP contribution in [-0.4, -0.2) is 65.9 Å². The summed E-state index contributed by atoms with van der Waals surface area (Å²) < 4.78 is 0. The van der Waals surface area contributed by atoms with E-state index in [9.17, 15) is 9.59 Å². The van der Waals surface area contributed by atoms with Crippen molar-refractivity contribution in [3.8, 4) is 0 Å². The van der Waals surface area contributed by atoms with Gasteiger partial charge in [0.25, 0.3) is 5.91 Å². The van der Waals surface area contributed by atoms with Crippen LogP contribution in [0.25, 0.3) is 10.9 Å². The van der Waals surface area contributed by atoms with Crippen molar-refractivity contribution in [3.05, 3.63) is 36.0 Å². The van der Waals surface area contributed by atoms with E-state index >= 15 is 0 Å². The first kappa shape index (κ1) is 19.7. The first-order chi connectivity index (χ1) is 14.1. The summed E-state index contributed by atoms with van der Waals surface area (Å²) in [5.41, 5.74) is 2.64. The lowest BCUT2D eigenvalue weighted by Crippen LogP contribution is -2.50. The molecule has 0 spiro atoms. The molecule has 2 aliphatic rings. The number of hydrogen-bond acceptors (Lipinski definition) is 4. The highest BCUT2D eigenvalue weighted by Crippen LogP contribution is 2.33. The van der Waals surface area contributed by atoms with Gasteiger partial charge in [0.05, 0.1) is 16.8 Å². The third kappa shape index (κ3) is 3.93. The Bertz CT molecular complexity index is 897. The number of anilines is 1. The lowest BCUT2D eigenvalue weighted by Gasteiger charge is -2.37. The van der Waals surface area contributed by atoms with Crippen molar-refractivity contribution in [2.24, 2.45) is 5.92 Å². The molecule has 2 aromatic rings. The van der Waals surface area contributed by atoms with E-state index in [1.807, 2.05) is 34.9 Å². The maximum atomic E-state index is 13.5. The molecule has 0 aliphatic carbocycles. The van der Waals surface area contributed by atoms with Crippen LogP contribution in [0.2, 0.25) is 0 Å². The first-order valence-electron chi connectivity index (χ1n) is 10.8. The summed E-state index contributed by atoms with van der Waals surface area (Å²) in [4.78, 5) is 36.1. The fraction of sp³-hybridized carbons (Fsp3) is 0.522. The van der Waals surface area contributed by atoms with Gasteiger partial charge < -0.3 is 14.7 Å². The van der Waals surface area contributed by atoms with Crippen LogP contribution in [0.3, 0.4) is 0 Å². The molecule has 0 radical (unpaired) electrons. The van der Waals surface area contributed by atoms with Gasteiger partial charge in [-0.1, -0.05) is 32.0 Å². The summed E-state index contributed by atoms with van der Waals surface area (Å²) in [6.07, 6.45) is 4.55. The largest absolute Gasteiger partial charge is 0.370 e. The van der Waals surface area contributed by atoms with Crippen LogP contribution in [-0.2, 0) is 4.79 Å². The van der Waals surface area contributed by atoms with Gasteiger partial charge in [0.15, 0.2) is 0 Å². The quantitative estimate of drug-likeness (QED) is 0.802. The Morgan fingerprint density at radius 1 is 1.00 bits per heavy atom. The van der Waals surface area contributed by atoms with Crippen molar-refractivity contribution in [3.63, 3.8) is 0 Å². The third-order valence-electron chi connectivity index (χ3n) is 6.30. The summed E-state index contributed by atoms with van der Waals surface area (Å²) in [6, 6.07) is 8.09. The van der Waals surface area contributed by atoms with Crippen molar-refractivity contribution in [2.45, 2.75) is 33.1 Å². The average Bonchev–Trinajstić information content (AvgIpc) is 2.78. The maximum absolute atomic E-state index is 13.5.